The first-order chi connectivity index (χ1) is 8.58. The Labute approximate surface area is 111 Å². The summed E-state index contributed by atoms with van der Waals surface area (Å²) in [6, 6.07) is 0.633. The lowest BCUT2D eigenvalue weighted by Gasteiger charge is -2.34. The van der Waals surface area contributed by atoms with Crippen molar-refractivity contribution in [1.82, 2.24) is 9.80 Å². The van der Waals surface area contributed by atoms with Crippen molar-refractivity contribution < 1.29 is 9.53 Å². The zero-order chi connectivity index (χ0) is 13.5. The van der Waals surface area contributed by atoms with Gasteiger partial charge in [0.2, 0.25) is 0 Å². The molecule has 0 radical (unpaired) electrons. The summed E-state index contributed by atoms with van der Waals surface area (Å²) in [5, 5.41) is 0. The average molecular weight is 254 g/mol. The fraction of sp³-hybridized carbons (Fsp3) is 0.786. The van der Waals surface area contributed by atoms with Crippen molar-refractivity contribution >= 4 is 5.97 Å². The molecule has 1 fully saturated rings. The number of piperidine rings is 1. The zero-order valence-corrected chi connectivity index (χ0v) is 12.1. The molecule has 18 heavy (non-hydrogen) atoms. The van der Waals surface area contributed by atoms with Crippen LogP contribution in [0.5, 0.6) is 0 Å². The van der Waals surface area contributed by atoms with Gasteiger partial charge >= 0.3 is 5.97 Å². The van der Waals surface area contributed by atoms with E-state index in [9.17, 15) is 4.79 Å². The molecule has 1 saturated heterocycles. The minimum atomic E-state index is -0.200. The molecule has 0 aromatic rings. The number of nitrogens with zero attached hydrogens (tertiary/aromatic N) is 2. The van der Waals surface area contributed by atoms with Crippen LogP contribution >= 0.6 is 0 Å². The number of hydrogen-bond donors (Lipinski definition) is 0. The van der Waals surface area contributed by atoms with E-state index in [1.807, 2.05) is 13.0 Å². The first-order valence-corrected chi connectivity index (χ1v) is 6.74. The summed E-state index contributed by atoms with van der Waals surface area (Å²) in [4.78, 5) is 16.2. The van der Waals surface area contributed by atoms with E-state index < -0.39 is 0 Å². The summed E-state index contributed by atoms with van der Waals surface area (Å²) in [5.74, 6) is -0.200. The molecule has 0 aromatic heterocycles. The Bertz CT molecular complexity index is 294. The molecule has 0 amide bonds. The minimum absolute atomic E-state index is 0.200. The molecule has 104 valence electrons. The number of rotatable bonds is 5. The van der Waals surface area contributed by atoms with Crippen molar-refractivity contribution in [3.05, 3.63) is 11.6 Å². The van der Waals surface area contributed by atoms with Crippen LogP contribution in [-0.4, -0.2) is 62.7 Å². The summed E-state index contributed by atoms with van der Waals surface area (Å²) in [7, 11) is 5.74. The average Bonchev–Trinajstić information content (AvgIpc) is 2.39. The highest BCUT2D eigenvalue weighted by molar-refractivity contribution is 5.88. The van der Waals surface area contributed by atoms with E-state index in [1.54, 1.807) is 0 Å². The lowest BCUT2D eigenvalue weighted by Crippen LogP contribution is -2.42. The second kappa shape index (κ2) is 7.54. The molecule has 1 aliphatic heterocycles. The maximum Gasteiger partial charge on any atom is 0.333 e. The van der Waals surface area contributed by atoms with Crippen LogP contribution in [0.4, 0.5) is 0 Å². The van der Waals surface area contributed by atoms with Gasteiger partial charge in [0.05, 0.1) is 7.11 Å². The van der Waals surface area contributed by atoms with Crippen molar-refractivity contribution in [1.29, 1.82) is 0 Å². The number of carbonyl (C=O) groups excluding carboxylic acids is 1. The highest BCUT2D eigenvalue weighted by Crippen LogP contribution is 2.14. The van der Waals surface area contributed by atoms with Crippen LogP contribution < -0.4 is 0 Å². The Morgan fingerprint density at radius 2 is 2.06 bits per heavy atom. The molecular weight excluding hydrogens is 228 g/mol. The highest BCUT2D eigenvalue weighted by Gasteiger charge is 2.20. The second-order valence-corrected chi connectivity index (χ2v) is 5.05. The third-order valence-electron chi connectivity index (χ3n) is 3.77. The quantitative estimate of drug-likeness (QED) is 0.550. The van der Waals surface area contributed by atoms with Gasteiger partial charge in [0.1, 0.15) is 0 Å². The van der Waals surface area contributed by atoms with Gasteiger partial charge in [-0.05, 0) is 46.4 Å². The molecule has 4 nitrogen and oxygen atoms in total. The number of likely N-dealkylation sites (tertiary alicyclic amines) is 1. The maximum atomic E-state index is 11.5. The van der Waals surface area contributed by atoms with Crippen molar-refractivity contribution in [3.63, 3.8) is 0 Å². The summed E-state index contributed by atoms with van der Waals surface area (Å²) < 4.78 is 4.76. The van der Waals surface area contributed by atoms with Crippen LogP contribution in [0.1, 0.15) is 26.2 Å². The van der Waals surface area contributed by atoms with E-state index >= 15 is 0 Å². The topological polar surface area (TPSA) is 32.8 Å². The van der Waals surface area contributed by atoms with Crippen molar-refractivity contribution in [2.45, 2.75) is 32.2 Å². The number of hydrogen-bond acceptors (Lipinski definition) is 4. The first kappa shape index (κ1) is 15.2. The lowest BCUT2D eigenvalue weighted by atomic mass is 10.0. The van der Waals surface area contributed by atoms with Crippen LogP contribution in [0.25, 0.3) is 0 Å². The van der Waals surface area contributed by atoms with Gasteiger partial charge < -0.3 is 9.64 Å². The van der Waals surface area contributed by atoms with Crippen LogP contribution in [0.2, 0.25) is 0 Å². The normalized spacial score (nSPS) is 19.3. The Balaban J connectivity index is 2.46. The Morgan fingerprint density at radius 1 is 1.44 bits per heavy atom. The molecule has 0 bridgehead atoms. The Morgan fingerprint density at radius 3 is 2.56 bits per heavy atom. The number of methoxy groups -OCH3 is 1. The predicted octanol–water partition coefficient (Wildman–Crippen LogP) is 1.52. The Kier molecular flexibility index (Phi) is 6.36. The molecule has 1 aliphatic rings. The van der Waals surface area contributed by atoms with Gasteiger partial charge in [0, 0.05) is 18.2 Å². The SMILES string of the molecule is CCC(=CCN(C)C1CCN(C)CC1)C(=O)OC. The summed E-state index contributed by atoms with van der Waals surface area (Å²) in [6.07, 6.45) is 5.15. The third-order valence-corrected chi connectivity index (χ3v) is 3.77. The summed E-state index contributed by atoms with van der Waals surface area (Å²) in [5.41, 5.74) is 0.775. The van der Waals surface area contributed by atoms with E-state index in [2.05, 4.69) is 23.9 Å². The standard InChI is InChI=1S/C14H26N2O2/c1-5-12(14(17)18-4)6-11-16(3)13-7-9-15(2)10-8-13/h6,13H,5,7-11H2,1-4H3. The van der Waals surface area contributed by atoms with Crippen LogP contribution in [0.15, 0.2) is 11.6 Å². The van der Waals surface area contributed by atoms with Crippen LogP contribution in [-0.2, 0) is 9.53 Å². The van der Waals surface area contributed by atoms with Crippen molar-refractivity contribution in [3.8, 4) is 0 Å². The van der Waals surface area contributed by atoms with E-state index in [1.165, 1.54) is 20.0 Å². The number of esters is 1. The van der Waals surface area contributed by atoms with Crippen LogP contribution in [0.3, 0.4) is 0 Å². The molecule has 0 atom stereocenters. The molecule has 4 heteroatoms. The van der Waals surface area contributed by atoms with E-state index in [0.717, 1.165) is 31.6 Å². The van der Waals surface area contributed by atoms with E-state index in [4.69, 9.17) is 4.74 Å². The van der Waals surface area contributed by atoms with Crippen molar-refractivity contribution in [2.75, 3.05) is 40.8 Å². The van der Waals surface area contributed by atoms with Gasteiger partial charge in [0.15, 0.2) is 0 Å². The van der Waals surface area contributed by atoms with E-state index in [-0.39, 0.29) is 5.97 Å². The maximum absolute atomic E-state index is 11.5. The van der Waals surface area contributed by atoms with Gasteiger partial charge in [-0.1, -0.05) is 13.0 Å². The largest absolute Gasteiger partial charge is 0.466 e. The molecule has 0 aromatic carbocycles. The van der Waals surface area contributed by atoms with E-state index in [0.29, 0.717) is 6.04 Å². The second-order valence-electron chi connectivity index (χ2n) is 5.05. The molecular formula is C14H26N2O2. The number of ether oxygens (including phenoxy) is 1. The molecule has 0 aliphatic carbocycles. The number of carbonyl (C=O) groups is 1. The van der Waals surface area contributed by atoms with Gasteiger partial charge in [-0.15, -0.1) is 0 Å². The van der Waals surface area contributed by atoms with Gasteiger partial charge in [0.25, 0.3) is 0 Å². The molecule has 0 saturated carbocycles. The smallest absolute Gasteiger partial charge is 0.333 e. The third kappa shape index (κ3) is 4.42. The monoisotopic (exact) mass is 254 g/mol. The predicted molar refractivity (Wildman–Crippen MR) is 73.5 cm³/mol. The highest BCUT2D eigenvalue weighted by atomic mass is 16.5. The minimum Gasteiger partial charge on any atom is -0.466 e. The zero-order valence-electron chi connectivity index (χ0n) is 12.1. The molecule has 1 rings (SSSR count). The van der Waals surface area contributed by atoms with Gasteiger partial charge in [-0.25, -0.2) is 4.79 Å². The molecule has 0 spiro atoms. The number of likely N-dealkylation sites (N-methyl/N-ethyl adjacent to an activating group) is 1. The lowest BCUT2D eigenvalue weighted by molar-refractivity contribution is -0.136. The molecule has 0 N–H and O–H groups in total. The van der Waals surface area contributed by atoms with Gasteiger partial charge in [-0.3, -0.25) is 4.90 Å². The molecule has 0 unspecified atom stereocenters. The van der Waals surface area contributed by atoms with Crippen molar-refractivity contribution in [2.24, 2.45) is 0 Å². The fourth-order valence-corrected chi connectivity index (χ4v) is 2.34. The Hall–Kier alpha value is -0.870. The summed E-state index contributed by atoms with van der Waals surface area (Å²) >= 11 is 0. The van der Waals surface area contributed by atoms with Crippen LogP contribution in [0, 0.1) is 0 Å². The molecule has 1 heterocycles. The first-order valence-electron chi connectivity index (χ1n) is 6.74. The van der Waals surface area contributed by atoms with Gasteiger partial charge in [-0.2, -0.15) is 0 Å². The summed E-state index contributed by atoms with van der Waals surface area (Å²) in [6.45, 7) is 5.14. The fourth-order valence-electron chi connectivity index (χ4n) is 2.34.